The fourth-order valence-electron chi connectivity index (χ4n) is 3.48. The van der Waals surface area contributed by atoms with Crippen LogP contribution in [0.2, 0.25) is 0 Å². The zero-order chi connectivity index (χ0) is 19.8. The summed E-state index contributed by atoms with van der Waals surface area (Å²) in [6.45, 7) is 0. The number of hydrogen-bond donors (Lipinski definition) is 0. The minimum atomic E-state index is -0.610. The Morgan fingerprint density at radius 3 is 2.83 bits per heavy atom. The monoisotopic (exact) mass is 403 g/mol. The lowest BCUT2D eigenvalue weighted by Crippen LogP contribution is -2.01. The topological polar surface area (TPSA) is 84.6 Å². The fourth-order valence-corrected chi connectivity index (χ4v) is 4.74. The maximum Gasteiger partial charge on any atom is 0.232 e. The van der Waals surface area contributed by atoms with Crippen LogP contribution in [-0.2, 0) is 12.8 Å². The molecule has 3 heterocycles. The maximum atomic E-state index is 14.5. The summed E-state index contributed by atoms with van der Waals surface area (Å²) in [5.41, 5.74) is 1.94. The molecule has 0 unspecified atom stereocenters. The number of nitriles is 1. The van der Waals surface area contributed by atoms with Crippen LogP contribution in [0.1, 0.15) is 28.8 Å². The van der Waals surface area contributed by atoms with E-state index in [-0.39, 0.29) is 11.3 Å². The van der Waals surface area contributed by atoms with E-state index >= 15 is 0 Å². The minimum Gasteiger partial charge on any atom is -0.435 e. The van der Waals surface area contributed by atoms with Crippen molar-refractivity contribution in [3.05, 3.63) is 58.6 Å². The summed E-state index contributed by atoms with van der Waals surface area (Å²) in [5.74, 6) is 0.0951. The van der Waals surface area contributed by atoms with Gasteiger partial charge in [0.2, 0.25) is 5.88 Å². The highest BCUT2D eigenvalue weighted by Crippen LogP contribution is 2.41. The molecule has 1 aliphatic carbocycles. The highest BCUT2D eigenvalue weighted by atomic mass is 32.1. The smallest absolute Gasteiger partial charge is 0.232 e. The van der Waals surface area contributed by atoms with Gasteiger partial charge >= 0.3 is 0 Å². The molecule has 0 aliphatic heterocycles. The third kappa shape index (κ3) is 3.19. The van der Waals surface area contributed by atoms with Crippen LogP contribution >= 0.6 is 11.3 Å². The molecule has 0 fully saturated rings. The van der Waals surface area contributed by atoms with Gasteiger partial charge in [0.05, 0.1) is 23.2 Å². The number of nitrogens with zero attached hydrogens (tertiary/aromatic N) is 5. The average molecular weight is 403 g/mol. The van der Waals surface area contributed by atoms with Gasteiger partial charge in [-0.05, 0) is 49.4 Å². The molecule has 0 saturated carbocycles. The van der Waals surface area contributed by atoms with E-state index in [2.05, 4.69) is 15.0 Å². The van der Waals surface area contributed by atoms with Crippen molar-refractivity contribution >= 4 is 21.6 Å². The quantitative estimate of drug-likeness (QED) is 0.487. The Morgan fingerprint density at radius 1 is 1.14 bits per heavy atom. The number of halogens is 1. The van der Waals surface area contributed by atoms with Gasteiger partial charge in [-0.3, -0.25) is 4.98 Å². The Hall–Kier alpha value is -3.44. The van der Waals surface area contributed by atoms with Gasteiger partial charge < -0.3 is 4.74 Å². The highest BCUT2D eigenvalue weighted by Gasteiger charge is 2.23. The Balaban J connectivity index is 1.69. The second-order valence-electron chi connectivity index (χ2n) is 6.69. The van der Waals surface area contributed by atoms with Gasteiger partial charge in [0, 0.05) is 17.3 Å². The number of aryl methyl sites for hydroxylation is 2. The lowest BCUT2D eigenvalue weighted by Gasteiger charge is -2.13. The molecule has 6 nitrogen and oxygen atoms in total. The van der Waals surface area contributed by atoms with Crippen molar-refractivity contribution in [2.75, 3.05) is 0 Å². The van der Waals surface area contributed by atoms with Crippen molar-refractivity contribution in [2.45, 2.75) is 25.7 Å². The Morgan fingerprint density at radius 2 is 2.03 bits per heavy atom. The van der Waals surface area contributed by atoms with E-state index in [1.807, 2.05) is 6.07 Å². The summed E-state index contributed by atoms with van der Waals surface area (Å²) in [7, 11) is 0. The lowest BCUT2D eigenvalue weighted by molar-refractivity contribution is 0.431. The Bertz CT molecular complexity index is 1270. The molecule has 3 aromatic heterocycles. The van der Waals surface area contributed by atoms with Gasteiger partial charge in [0.25, 0.3) is 0 Å². The summed E-state index contributed by atoms with van der Waals surface area (Å²) in [6, 6.07) is 6.04. The third-order valence-electron chi connectivity index (χ3n) is 4.84. The van der Waals surface area contributed by atoms with Crippen LogP contribution in [0.3, 0.4) is 0 Å². The van der Waals surface area contributed by atoms with Crippen molar-refractivity contribution in [1.82, 2.24) is 19.9 Å². The standard InChI is InChI=1S/C21H14FN5OS/c22-14-9-12(10-23)5-6-16(14)28-20-18-13-3-1-2-4-17(13)29-21(18)27-19(26-20)15-11-24-7-8-25-15/h5-9,11H,1-4H2. The van der Waals surface area contributed by atoms with Gasteiger partial charge in [0.15, 0.2) is 17.4 Å². The van der Waals surface area contributed by atoms with Crippen LogP contribution in [0.15, 0.2) is 36.8 Å². The number of ether oxygens (including phenoxy) is 1. The molecule has 0 spiro atoms. The zero-order valence-corrected chi connectivity index (χ0v) is 16.0. The van der Waals surface area contributed by atoms with Crippen LogP contribution in [0.25, 0.3) is 21.7 Å². The van der Waals surface area contributed by atoms with E-state index in [0.29, 0.717) is 17.4 Å². The molecular weight excluding hydrogens is 389 g/mol. The molecule has 8 heteroatoms. The van der Waals surface area contributed by atoms with Crippen molar-refractivity contribution in [2.24, 2.45) is 0 Å². The molecule has 0 amide bonds. The number of hydrogen-bond acceptors (Lipinski definition) is 7. The molecule has 0 radical (unpaired) electrons. The lowest BCUT2D eigenvalue weighted by atomic mass is 9.97. The maximum absolute atomic E-state index is 14.5. The molecule has 0 N–H and O–H groups in total. The molecule has 1 aromatic carbocycles. The normalized spacial score (nSPS) is 13.1. The van der Waals surface area contributed by atoms with Crippen molar-refractivity contribution in [1.29, 1.82) is 5.26 Å². The first-order valence-electron chi connectivity index (χ1n) is 9.19. The van der Waals surface area contributed by atoms with Crippen LogP contribution in [-0.4, -0.2) is 19.9 Å². The molecule has 0 bridgehead atoms. The van der Waals surface area contributed by atoms with E-state index in [4.69, 9.17) is 15.0 Å². The van der Waals surface area contributed by atoms with Crippen molar-refractivity contribution < 1.29 is 9.13 Å². The molecule has 0 saturated heterocycles. The van der Waals surface area contributed by atoms with Crippen molar-refractivity contribution in [3.8, 4) is 29.2 Å². The number of thiophene rings is 1. The molecule has 29 heavy (non-hydrogen) atoms. The molecular formula is C21H14FN5OS. The predicted octanol–water partition coefficient (Wildman–Crippen LogP) is 4.83. The van der Waals surface area contributed by atoms with E-state index in [1.165, 1.54) is 22.6 Å². The van der Waals surface area contributed by atoms with E-state index in [9.17, 15) is 4.39 Å². The molecule has 142 valence electrons. The molecule has 5 rings (SSSR count). The van der Waals surface area contributed by atoms with Gasteiger partial charge in [-0.25, -0.2) is 14.4 Å². The van der Waals surface area contributed by atoms with Gasteiger partial charge in [-0.1, -0.05) is 0 Å². The van der Waals surface area contributed by atoms with E-state index in [1.54, 1.807) is 29.9 Å². The van der Waals surface area contributed by atoms with Gasteiger partial charge in [-0.15, -0.1) is 11.3 Å². The molecule has 1 aliphatic rings. The predicted molar refractivity (Wildman–Crippen MR) is 106 cm³/mol. The van der Waals surface area contributed by atoms with Crippen LogP contribution < -0.4 is 4.74 Å². The fraction of sp³-hybridized carbons (Fsp3) is 0.190. The Kier molecular flexibility index (Phi) is 4.37. The van der Waals surface area contributed by atoms with Crippen LogP contribution in [0, 0.1) is 17.1 Å². The molecule has 4 aromatic rings. The largest absolute Gasteiger partial charge is 0.435 e. The molecule has 0 atom stereocenters. The third-order valence-corrected chi connectivity index (χ3v) is 6.03. The minimum absolute atomic E-state index is 0.0184. The number of fused-ring (bicyclic) bond motifs is 3. The van der Waals surface area contributed by atoms with Gasteiger partial charge in [0.1, 0.15) is 10.5 Å². The number of benzene rings is 1. The zero-order valence-electron chi connectivity index (χ0n) is 15.2. The Labute approximate surface area is 169 Å². The second-order valence-corrected chi connectivity index (χ2v) is 7.78. The first kappa shape index (κ1) is 17.6. The summed E-state index contributed by atoms with van der Waals surface area (Å²) < 4.78 is 20.4. The van der Waals surface area contributed by atoms with E-state index < -0.39 is 5.82 Å². The van der Waals surface area contributed by atoms with Crippen LogP contribution in [0.5, 0.6) is 11.6 Å². The average Bonchev–Trinajstić information content (AvgIpc) is 3.14. The first-order valence-corrected chi connectivity index (χ1v) is 10.0. The highest BCUT2D eigenvalue weighted by molar-refractivity contribution is 7.18. The van der Waals surface area contributed by atoms with E-state index in [0.717, 1.165) is 42.0 Å². The summed E-state index contributed by atoms with van der Waals surface area (Å²) >= 11 is 1.63. The summed E-state index contributed by atoms with van der Waals surface area (Å²) in [4.78, 5) is 19.7. The summed E-state index contributed by atoms with van der Waals surface area (Å²) in [6.07, 6.45) is 8.90. The number of aromatic nitrogens is 4. The van der Waals surface area contributed by atoms with Crippen molar-refractivity contribution in [3.63, 3.8) is 0 Å². The van der Waals surface area contributed by atoms with Crippen LogP contribution in [0.4, 0.5) is 4.39 Å². The number of rotatable bonds is 3. The summed E-state index contributed by atoms with van der Waals surface area (Å²) in [5, 5.41) is 9.80. The second kappa shape index (κ2) is 7.18. The van der Waals surface area contributed by atoms with Gasteiger partial charge in [-0.2, -0.15) is 10.2 Å². The first-order chi connectivity index (χ1) is 14.2. The SMILES string of the molecule is N#Cc1ccc(Oc2nc(-c3cnccn3)nc3sc4c(c23)CCCC4)c(F)c1.